The topological polar surface area (TPSA) is 224 Å². The van der Waals surface area contributed by atoms with Crippen LogP contribution in [0.1, 0.15) is 2.85 Å². The summed E-state index contributed by atoms with van der Waals surface area (Å²) in [5, 5.41) is 0. The zero-order chi connectivity index (χ0) is 0. The summed E-state index contributed by atoms with van der Waals surface area (Å²) in [7, 11) is 0. The summed E-state index contributed by atoms with van der Waals surface area (Å²) in [4.78, 5) is 0. The molecule has 0 aromatic rings. The van der Waals surface area contributed by atoms with Gasteiger partial charge in [-0.2, -0.15) is 0 Å². The Bertz CT molecular complexity index is 23.5. The Balaban J connectivity index is 0. The Labute approximate surface area is 89.9 Å². The molecule has 0 aromatic carbocycles. The minimum Gasteiger partial charge on any atom is -1.00 e. The normalized spacial score (nSPS) is 0. The van der Waals surface area contributed by atoms with Crippen molar-refractivity contribution in [3.05, 3.63) is 0 Å². The third-order valence-electron chi connectivity index (χ3n) is 0. The monoisotopic (exact) mass is 223 g/mol. The van der Waals surface area contributed by atoms with E-state index in [1.54, 1.807) is 0 Å². The molecule has 0 fully saturated rings. The van der Waals surface area contributed by atoms with Gasteiger partial charge in [-0.1, -0.05) is 0 Å². The van der Waals surface area contributed by atoms with Crippen LogP contribution in [0.25, 0.3) is 0 Å². The van der Waals surface area contributed by atoms with E-state index in [4.69, 9.17) is 0 Å². The molecule has 0 saturated carbocycles. The fraction of sp³-hybridized carbons (Fsp3) is 0. The summed E-state index contributed by atoms with van der Waals surface area (Å²) < 4.78 is 0. The van der Waals surface area contributed by atoms with Crippen molar-refractivity contribution in [1.29, 1.82) is 0 Å². The van der Waals surface area contributed by atoms with Crippen molar-refractivity contribution in [3.8, 4) is 0 Å². The molecule has 0 spiro atoms. The first-order valence-electron chi connectivity index (χ1n) is 0. The van der Waals surface area contributed by atoms with Gasteiger partial charge in [-0.15, -0.1) is 24.8 Å². The molecule has 0 heterocycles. The predicted octanol–water partition coefficient (Wildman–Crippen LogP) is -4.10. The molecule has 76 valence electrons. The molecule has 10 heavy (non-hydrogen) atoms. The van der Waals surface area contributed by atoms with Crippen molar-refractivity contribution in [1.82, 2.24) is 6.15 Å². The van der Waals surface area contributed by atoms with Gasteiger partial charge >= 0.3 is 23.1 Å². The maximum Gasteiger partial charge on any atom is 2.00 e. The van der Waals surface area contributed by atoms with E-state index < -0.39 is 0 Å². The second kappa shape index (κ2) is 728. The average molecular weight is 224 g/mol. The molecule has 0 radical (unpaired) electrons. The quantitative estimate of drug-likeness (QED) is 0.397. The summed E-state index contributed by atoms with van der Waals surface area (Å²) in [6.45, 7) is 0. The van der Waals surface area contributed by atoms with Gasteiger partial charge in [0.05, 0.1) is 0 Å². The van der Waals surface area contributed by atoms with E-state index in [-0.39, 0.29) is 89.7 Å². The van der Waals surface area contributed by atoms with Crippen LogP contribution < -0.4 is 6.15 Å². The van der Waals surface area contributed by atoms with Gasteiger partial charge in [-0.25, -0.2) is 0 Å². The molecule has 0 amide bonds. The second-order valence-electron chi connectivity index (χ2n) is 0. The molecule has 10 heteroatoms. The summed E-state index contributed by atoms with van der Waals surface area (Å²) in [6, 6.07) is 0. The molecule has 0 aliphatic heterocycles. The summed E-state index contributed by atoms with van der Waals surface area (Å²) in [5.74, 6) is 0. The van der Waals surface area contributed by atoms with Gasteiger partial charge in [0.1, 0.15) is 0 Å². The van der Waals surface area contributed by atoms with Crippen LogP contribution in [0.2, 0.25) is 0 Å². The van der Waals surface area contributed by atoms with E-state index in [1.807, 2.05) is 0 Å². The summed E-state index contributed by atoms with van der Waals surface area (Å²) in [6.07, 6.45) is 0. The van der Waals surface area contributed by atoms with Crippen LogP contribution in [-0.4, -0.2) is 55.9 Å². The molecular formula is H19Cl2MgNO6. The first-order valence-corrected chi connectivity index (χ1v) is 0. The van der Waals surface area contributed by atoms with Crippen LogP contribution in [0, 0.1) is 0 Å². The van der Waals surface area contributed by atoms with Crippen LogP contribution in [0.5, 0.6) is 0 Å². The standard InChI is InChI=1S/2ClH.Mg.H3N.6H2O.2H/h2*1H;;1H3;6*1H2;;/q;;+2;;;;;;;;2*-1. The minimum atomic E-state index is 0. The first kappa shape index (κ1) is 986. The molecule has 0 unspecified atom stereocenters. The molecule has 0 atom stereocenters. The van der Waals surface area contributed by atoms with Gasteiger partial charge < -0.3 is 41.9 Å². The van der Waals surface area contributed by atoms with Gasteiger partial charge in [-0.3, -0.25) is 0 Å². The fourth-order valence-corrected chi connectivity index (χ4v) is 0. The van der Waals surface area contributed by atoms with Crippen LogP contribution in [0.3, 0.4) is 0 Å². The minimum absolute atomic E-state index is 0. The largest absolute Gasteiger partial charge is 2.00 e. The molecule has 0 bridgehead atoms. The Morgan fingerprint density at radius 2 is 0.500 bits per heavy atom. The Kier molecular flexibility index (Phi) is 71800. The number of hydrogen-bond acceptors (Lipinski definition) is 1. The Morgan fingerprint density at radius 1 is 0.500 bits per heavy atom. The van der Waals surface area contributed by atoms with E-state index in [1.165, 1.54) is 0 Å². The van der Waals surface area contributed by atoms with Crippen LogP contribution in [0.4, 0.5) is 0 Å². The molecule has 0 aromatic heterocycles. The predicted molar refractivity (Wildman–Crippen MR) is 49.2 cm³/mol. The van der Waals surface area contributed by atoms with Crippen LogP contribution in [-0.2, 0) is 0 Å². The number of halogens is 2. The molecule has 0 saturated heterocycles. The maximum atomic E-state index is 0. The van der Waals surface area contributed by atoms with Gasteiger partial charge in [0.25, 0.3) is 0 Å². The van der Waals surface area contributed by atoms with E-state index in [0.717, 1.165) is 0 Å². The van der Waals surface area contributed by atoms with Crippen molar-refractivity contribution in [2.75, 3.05) is 0 Å². The van der Waals surface area contributed by atoms with Crippen molar-refractivity contribution in [2.24, 2.45) is 0 Å². The smallest absolute Gasteiger partial charge is 1.00 e. The molecule has 15 N–H and O–H groups in total. The van der Waals surface area contributed by atoms with Gasteiger partial charge in [0.15, 0.2) is 0 Å². The molecule has 0 aliphatic rings. The zero-order valence-electron chi connectivity index (χ0n) is 7.23. The van der Waals surface area contributed by atoms with Crippen molar-refractivity contribution < 1.29 is 35.7 Å². The molecule has 0 aliphatic carbocycles. The average Bonchev–Trinajstić information content (AvgIpc) is 0. The number of rotatable bonds is 0. The summed E-state index contributed by atoms with van der Waals surface area (Å²) in [5.41, 5.74) is 0. The van der Waals surface area contributed by atoms with E-state index in [0.29, 0.717) is 0 Å². The van der Waals surface area contributed by atoms with Crippen molar-refractivity contribution >= 4 is 47.9 Å². The molecular weight excluding hydrogens is 205 g/mol. The third kappa shape index (κ3) is 519. The fourth-order valence-electron chi connectivity index (χ4n) is 0. The van der Waals surface area contributed by atoms with Crippen LogP contribution >= 0.6 is 24.8 Å². The maximum absolute atomic E-state index is 0. The van der Waals surface area contributed by atoms with Crippen LogP contribution in [0.15, 0.2) is 0 Å². The van der Waals surface area contributed by atoms with E-state index >= 15 is 0 Å². The molecule has 0 rings (SSSR count). The van der Waals surface area contributed by atoms with E-state index in [2.05, 4.69) is 0 Å². The van der Waals surface area contributed by atoms with Gasteiger partial charge in [0, 0.05) is 0 Å². The van der Waals surface area contributed by atoms with Gasteiger partial charge in [-0.05, 0) is 0 Å². The third-order valence-corrected chi connectivity index (χ3v) is 0. The summed E-state index contributed by atoms with van der Waals surface area (Å²) >= 11 is 0. The zero-order valence-corrected chi connectivity index (χ0v) is 8.28. The number of hydrogen-bond donors (Lipinski definition) is 1. The SMILES string of the molecule is Cl.Cl.N.O.O.O.O.O.O.[H-].[H-].[Mg+2]. The second-order valence-corrected chi connectivity index (χ2v) is 0. The van der Waals surface area contributed by atoms with Crippen molar-refractivity contribution in [2.45, 2.75) is 0 Å². The Hall–Kier alpha value is 1.07. The first-order chi connectivity index (χ1) is 0. The van der Waals surface area contributed by atoms with Gasteiger partial charge in [0.2, 0.25) is 0 Å². The molecule has 7 nitrogen and oxygen atoms in total. The van der Waals surface area contributed by atoms with E-state index in [9.17, 15) is 0 Å². The van der Waals surface area contributed by atoms with Crippen molar-refractivity contribution in [3.63, 3.8) is 0 Å². The Morgan fingerprint density at radius 3 is 0.500 bits per heavy atom.